The number of nitrogens with zero attached hydrogens (tertiary/aromatic N) is 1. The number of hydrogen-bond acceptors (Lipinski definition) is 5. The molecular formula is C21H15F3N2O3S2. The highest BCUT2D eigenvalue weighted by molar-refractivity contribution is 7.89. The Labute approximate surface area is 180 Å². The first kappa shape index (κ1) is 21.3. The van der Waals surface area contributed by atoms with Gasteiger partial charge in [0.2, 0.25) is 10.0 Å². The number of nitrogens with one attached hydrogen (secondary N) is 1. The summed E-state index contributed by atoms with van der Waals surface area (Å²) in [4.78, 5) is 4.57. The zero-order chi connectivity index (χ0) is 22.2. The van der Waals surface area contributed by atoms with Crippen LogP contribution < -0.4 is 9.46 Å². The largest absolute Gasteiger partial charge is 0.457 e. The van der Waals surface area contributed by atoms with Crippen LogP contribution in [0.2, 0.25) is 0 Å². The Morgan fingerprint density at radius 3 is 2.35 bits per heavy atom. The second-order valence-corrected chi connectivity index (χ2v) is 9.39. The average Bonchev–Trinajstić information content (AvgIpc) is 3.18. The van der Waals surface area contributed by atoms with Gasteiger partial charge in [-0.15, -0.1) is 11.3 Å². The Balaban J connectivity index is 1.80. The molecule has 3 aromatic carbocycles. The van der Waals surface area contributed by atoms with E-state index in [1.165, 1.54) is 48.7 Å². The summed E-state index contributed by atoms with van der Waals surface area (Å²) in [5, 5.41) is 0.524. The van der Waals surface area contributed by atoms with Gasteiger partial charge in [0.1, 0.15) is 16.5 Å². The lowest BCUT2D eigenvalue weighted by Gasteiger charge is -2.13. The molecule has 1 heterocycles. The minimum Gasteiger partial charge on any atom is -0.457 e. The van der Waals surface area contributed by atoms with Crippen LogP contribution in [0.15, 0.2) is 71.6 Å². The van der Waals surface area contributed by atoms with Crippen LogP contribution in [-0.2, 0) is 16.2 Å². The fraction of sp³-hybridized carbons (Fsp3) is 0.0952. The van der Waals surface area contributed by atoms with Gasteiger partial charge in [0.15, 0.2) is 0 Å². The van der Waals surface area contributed by atoms with Crippen molar-refractivity contribution in [2.45, 2.75) is 11.1 Å². The Morgan fingerprint density at radius 1 is 1.00 bits per heavy atom. The second-order valence-electron chi connectivity index (χ2n) is 6.48. The molecule has 0 bridgehead atoms. The smallest absolute Gasteiger partial charge is 0.416 e. The molecule has 0 unspecified atom stereocenters. The minimum absolute atomic E-state index is 0.0176. The Morgan fingerprint density at radius 2 is 1.71 bits per heavy atom. The maximum atomic E-state index is 12.8. The van der Waals surface area contributed by atoms with Gasteiger partial charge in [-0.2, -0.15) is 13.2 Å². The number of halogens is 3. The van der Waals surface area contributed by atoms with Crippen molar-refractivity contribution in [2.24, 2.45) is 0 Å². The molecule has 0 spiro atoms. The van der Waals surface area contributed by atoms with E-state index in [0.717, 1.165) is 22.3 Å². The topological polar surface area (TPSA) is 68.3 Å². The number of thiazole rings is 1. The highest BCUT2D eigenvalue weighted by Crippen LogP contribution is 2.39. The zero-order valence-corrected chi connectivity index (χ0v) is 17.6. The third-order valence-corrected chi connectivity index (χ3v) is 6.95. The van der Waals surface area contributed by atoms with E-state index in [9.17, 15) is 21.6 Å². The van der Waals surface area contributed by atoms with Crippen molar-refractivity contribution < 1.29 is 26.3 Å². The van der Waals surface area contributed by atoms with Crippen LogP contribution in [0.1, 0.15) is 5.56 Å². The molecule has 0 fully saturated rings. The number of hydrogen-bond donors (Lipinski definition) is 1. The molecule has 0 aliphatic heterocycles. The SMILES string of the molecule is CNS(=O)(=O)c1ccc(Oc2ccc(C(F)(F)F)cc2)c(-c2nc3ccccc3s2)c1. The number of sulfonamides is 1. The normalized spacial score (nSPS) is 12.3. The van der Waals surface area contributed by atoms with Crippen molar-refractivity contribution >= 4 is 31.6 Å². The number of benzene rings is 3. The standard InChI is InChI=1S/C21H15F3N2O3S2/c1-25-31(27,28)15-10-11-18(29-14-8-6-13(7-9-14)21(22,23)24)16(12-15)20-26-17-4-2-3-5-19(17)30-20/h2-12,25H,1H3. The molecule has 0 saturated heterocycles. The molecular weight excluding hydrogens is 449 g/mol. The molecule has 0 atom stereocenters. The lowest BCUT2D eigenvalue weighted by molar-refractivity contribution is -0.137. The van der Waals surface area contributed by atoms with Gasteiger partial charge in [-0.25, -0.2) is 18.1 Å². The number of ether oxygens (including phenoxy) is 1. The molecule has 4 aromatic rings. The van der Waals surface area contributed by atoms with Crippen LogP contribution >= 0.6 is 11.3 Å². The van der Waals surface area contributed by atoms with Gasteiger partial charge in [0.05, 0.1) is 26.2 Å². The van der Waals surface area contributed by atoms with E-state index in [4.69, 9.17) is 4.74 Å². The summed E-state index contributed by atoms with van der Waals surface area (Å²) >= 11 is 1.35. The van der Waals surface area contributed by atoms with Gasteiger partial charge in [0, 0.05) is 0 Å². The van der Waals surface area contributed by atoms with Gasteiger partial charge in [0.25, 0.3) is 0 Å². The van der Waals surface area contributed by atoms with Crippen LogP contribution in [0.4, 0.5) is 13.2 Å². The molecule has 0 aliphatic rings. The van der Waals surface area contributed by atoms with Crippen LogP contribution in [-0.4, -0.2) is 20.4 Å². The first-order valence-electron chi connectivity index (χ1n) is 8.96. The number of para-hydroxylation sites is 1. The molecule has 5 nitrogen and oxygen atoms in total. The molecule has 0 amide bonds. The number of fused-ring (bicyclic) bond motifs is 1. The van der Waals surface area contributed by atoms with E-state index >= 15 is 0 Å². The zero-order valence-electron chi connectivity index (χ0n) is 16.0. The van der Waals surface area contributed by atoms with E-state index < -0.39 is 21.8 Å². The van der Waals surface area contributed by atoms with E-state index in [1.807, 2.05) is 24.3 Å². The number of rotatable bonds is 5. The van der Waals surface area contributed by atoms with Crippen molar-refractivity contribution in [3.63, 3.8) is 0 Å². The fourth-order valence-corrected chi connectivity index (χ4v) is 4.62. The summed E-state index contributed by atoms with van der Waals surface area (Å²) in [7, 11) is -2.42. The van der Waals surface area contributed by atoms with Crippen molar-refractivity contribution in [1.82, 2.24) is 9.71 Å². The van der Waals surface area contributed by atoms with Crippen LogP contribution in [0.3, 0.4) is 0 Å². The lowest BCUT2D eigenvalue weighted by atomic mass is 10.2. The molecule has 0 aliphatic carbocycles. The third-order valence-electron chi connectivity index (χ3n) is 4.46. The second kappa shape index (κ2) is 7.95. The summed E-state index contributed by atoms with van der Waals surface area (Å²) < 4.78 is 72.0. The number of alkyl halides is 3. The van der Waals surface area contributed by atoms with Crippen molar-refractivity contribution in [1.29, 1.82) is 0 Å². The quantitative estimate of drug-likeness (QED) is 0.413. The van der Waals surface area contributed by atoms with E-state index in [0.29, 0.717) is 10.6 Å². The lowest BCUT2D eigenvalue weighted by Crippen LogP contribution is -2.18. The van der Waals surface area contributed by atoms with E-state index in [-0.39, 0.29) is 16.4 Å². The molecule has 4 rings (SSSR count). The average molecular weight is 464 g/mol. The van der Waals surface area contributed by atoms with Crippen molar-refractivity contribution in [3.05, 3.63) is 72.3 Å². The van der Waals surface area contributed by atoms with Gasteiger partial charge < -0.3 is 4.74 Å². The van der Waals surface area contributed by atoms with Gasteiger partial charge in [-0.1, -0.05) is 12.1 Å². The Hall–Kier alpha value is -2.95. The summed E-state index contributed by atoms with van der Waals surface area (Å²) in [6.07, 6.45) is -4.45. The van der Waals surface area contributed by atoms with E-state index in [1.54, 1.807) is 0 Å². The minimum atomic E-state index is -4.45. The highest BCUT2D eigenvalue weighted by atomic mass is 32.2. The molecule has 0 radical (unpaired) electrons. The van der Waals surface area contributed by atoms with Gasteiger partial charge >= 0.3 is 6.18 Å². The first-order valence-corrected chi connectivity index (χ1v) is 11.3. The fourth-order valence-electron chi connectivity index (χ4n) is 2.88. The van der Waals surface area contributed by atoms with Crippen LogP contribution in [0.25, 0.3) is 20.8 Å². The molecule has 1 N–H and O–H groups in total. The number of aromatic nitrogens is 1. The molecule has 31 heavy (non-hydrogen) atoms. The van der Waals surface area contributed by atoms with Crippen LogP contribution in [0.5, 0.6) is 11.5 Å². The Kier molecular flexibility index (Phi) is 5.46. The van der Waals surface area contributed by atoms with E-state index in [2.05, 4.69) is 9.71 Å². The first-order chi connectivity index (χ1) is 14.7. The Bertz CT molecular complexity index is 1320. The molecule has 10 heteroatoms. The predicted octanol–water partition coefficient (Wildman–Crippen LogP) is 5.68. The molecule has 160 valence electrons. The van der Waals surface area contributed by atoms with Crippen molar-refractivity contribution in [3.8, 4) is 22.1 Å². The summed E-state index contributed by atoms with van der Waals surface area (Å²) in [5.41, 5.74) is 0.365. The maximum absolute atomic E-state index is 12.8. The monoisotopic (exact) mass is 464 g/mol. The van der Waals surface area contributed by atoms with Gasteiger partial charge in [-0.05, 0) is 61.6 Å². The molecule has 1 aromatic heterocycles. The van der Waals surface area contributed by atoms with Crippen LogP contribution in [0, 0.1) is 0 Å². The highest BCUT2D eigenvalue weighted by Gasteiger charge is 2.30. The summed E-state index contributed by atoms with van der Waals surface area (Å²) in [6, 6.07) is 16.0. The van der Waals surface area contributed by atoms with Crippen molar-refractivity contribution in [2.75, 3.05) is 7.05 Å². The molecule has 0 saturated carbocycles. The summed E-state index contributed by atoms with van der Waals surface area (Å²) in [5.74, 6) is 0.452. The predicted molar refractivity (Wildman–Crippen MR) is 113 cm³/mol. The third kappa shape index (κ3) is 4.41. The van der Waals surface area contributed by atoms with Gasteiger partial charge in [-0.3, -0.25) is 0 Å². The maximum Gasteiger partial charge on any atom is 0.416 e. The summed E-state index contributed by atoms with van der Waals surface area (Å²) in [6.45, 7) is 0.